The van der Waals surface area contributed by atoms with Gasteiger partial charge in [-0.05, 0) is 49.2 Å². The highest BCUT2D eigenvalue weighted by Crippen LogP contribution is 2.29. The molecule has 9 heteroatoms. The van der Waals surface area contributed by atoms with E-state index in [1.807, 2.05) is 49.6 Å². The molecule has 0 radical (unpaired) electrons. The summed E-state index contributed by atoms with van der Waals surface area (Å²) in [6.45, 7) is 6.04. The third kappa shape index (κ3) is 7.36. The lowest BCUT2D eigenvalue weighted by Gasteiger charge is -2.30. The van der Waals surface area contributed by atoms with Gasteiger partial charge in [0.1, 0.15) is 23.8 Å². The van der Waals surface area contributed by atoms with Gasteiger partial charge in [-0.15, -0.1) is 0 Å². The molecule has 0 spiro atoms. The first-order chi connectivity index (χ1) is 17.4. The van der Waals surface area contributed by atoms with E-state index in [0.717, 1.165) is 24.4 Å². The zero-order valence-electron chi connectivity index (χ0n) is 20.9. The van der Waals surface area contributed by atoms with Crippen LogP contribution in [0.1, 0.15) is 17.8 Å². The molecule has 0 bridgehead atoms. The molecule has 1 aliphatic rings. The fourth-order valence-electron chi connectivity index (χ4n) is 4.24. The van der Waals surface area contributed by atoms with Crippen LogP contribution in [-0.4, -0.2) is 71.8 Å². The van der Waals surface area contributed by atoms with Crippen LogP contribution in [0.5, 0.6) is 17.2 Å². The van der Waals surface area contributed by atoms with Crippen LogP contribution in [-0.2, 0) is 17.8 Å². The SMILES string of the molecule is COc1cc(CN2CCOC[C@@](O)(COc3cccc(Cl)c3)C2)ccc1OCCCn1ccnc1C. The molecule has 194 valence electrons. The maximum Gasteiger partial charge on any atom is 0.161 e. The van der Waals surface area contributed by atoms with Crippen LogP contribution >= 0.6 is 11.6 Å². The molecule has 1 aromatic heterocycles. The zero-order chi connectivity index (χ0) is 25.4. The Balaban J connectivity index is 1.32. The number of hydrogen-bond acceptors (Lipinski definition) is 7. The molecule has 0 unspecified atom stereocenters. The van der Waals surface area contributed by atoms with Crippen LogP contribution in [0.25, 0.3) is 0 Å². The van der Waals surface area contributed by atoms with Crippen molar-refractivity contribution in [2.24, 2.45) is 0 Å². The standard InChI is InChI=1S/C27H34ClN3O5/c1-21-29-9-11-31(21)10-4-13-35-25-8-7-22(15-26(25)33-2)17-30-12-14-34-19-27(32,18-30)20-36-24-6-3-5-23(28)16-24/h3,5-9,11,15-16,32H,4,10,12-14,17-20H2,1-2H3/t27-/m1/s1. The first-order valence-electron chi connectivity index (χ1n) is 12.1. The number of benzene rings is 2. The number of halogens is 1. The number of ether oxygens (including phenoxy) is 4. The van der Waals surface area contributed by atoms with E-state index in [0.29, 0.717) is 55.1 Å². The second kappa shape index (κ2) is 12.5. The summed E-state index contributed by atoms with van der Waals surface area (Å²) in [5.41, 5.74) is -0.0761. The third-order valence-corrected chi connectivity index (χ3v) is 6.34. The van der Waals surface area contributed by atoms with Crippen LogP contribution < -0.4 is 14.2 Å². The number of β-amino-alcohol motifs (C(OH)–C–C–N with tert-alkyl or cyclic N) is 1. The Morgan fingerprint density at radius 2 is 2.06 bits per heavy atom. The van der Waals surface area contributed by atoms with Crippen molar-refractivity contribution in [1.29, 1.82) is 0 Å². The Bertz CT molecular complexity index is 1120. The van der Waals surface area contributed by atoms with E-state index in [2.05, 4.69) is 14.5 Å². The van der Waals surface area contributed by atoms with Crippen molar-refractivity contribution in [3.05, 3.63) is 71.3 Å². The average molecular weight is 516 g/mol. The Labute approximate surface area is 217 Å². The average Bonchev–Trinajstić information content (AvgIpc) is 3.18. The maximum atomic E-state index is 11.2. The van der Waals surface area contributed by atoms with Gasteiger partial charge in [-0.2, -0.15) is 0 Å². The molecular formula is C27H34ClN3O5. The minimum atomic E-state index is -1.14. The number of nitrogens with zero attached hydrogens (tertiary/aromatic N) is 3. The van der Waals surface area contributed by atoms with Gasteiger partial charge in [0.2, 0.25) is 0 Å². The van der Waals surface area contributed by atoms with Gasteiger partial charge >= 0.3 is 0 Å². The van der Waals surface area contributed by atoms with Gasteiger partial charge in [-0.3, -0.25) is 4.90 Å². The summed E-state index contributed by atoms with van der Waals surface area (Å²) < 4.78 is 25.2. The molecule has 0 saturated carbocycles. The maximum absolute atomic E-state index is 11.2. The normalized spacial score (nSPS) is 18.6. The minimum absolute atomic E-state index is 0.110. The molecule has 1 N–H and O–H groups in total. The summed E-state index contributed by atoms with van der Waals surface area (Å²) in [7, 11) is 1.65. The number of aromatic nitrogens is 2. The number of aliphatic hydroxyl groups is 1. The lowest BCUT2D eigenvalue weighted by atomic mass is 10.1. The van der Waals surface area contributed by atoms with E-state index in [-0.39, 0.29) is 13.2 Å². The summed E-state index contributed by atoms with van der Waals surface area (Å²) in [4.78, 5) is 6.41. The predicted molar refractivity (Wildman–Crippen MR) is 138 cm³/mol. The van der Waals surface area contributed by atoms with Crippen molar-refractivity contribution in [2.45, 2.75) is 32.0 Å². The van der Waals surface area contributed by atoms with E-state index >= 15 is 0 Å². The Kier molecular flexibility index (Phi) is 9.09. The summed E-state index contributed by atoms with van der Waals surface area (Å²) in [5, 5.41) is 11.8. The number of hydrogen-bond donors (Lipinski definition) is 1. The largest absolute Gasteiger partial charge is 0.493 e. The van der Waals surface area contributed by atoms with Crippen LogP contribution in [0.15, 0.2) is 54.9 Å². The van der Waals surface area contributed by atoms with E-state index in [1.54, 1.807) is 19.2 Å². The van der Waals surface area contributed by atoms with Crippen molar-refractivity contribution in [3.8, 4) is 17.2 Å². The van der Waals surface area contributed by atoms with E-state index < -0.39 is 5.60 Å². The molecule has 1 fully saturated rings. The number of aryl methyl sites for hydroxylation is 2. The molecule has 3 aromatic rings. The van der Waals surface area contributed by atoms with Gasteiger partial charge in [0.15, 0.2) is 11.5 Å². The first kappa shape index (κ1) is 26.3. The Hall–Kier alpha value is -2.78. The summed E-state index contributed by atoms with van der Waals surface area (Å²) in [5.74, 6) is 3.03. The highest BCUT2D eigenvalue weighted by atomic mass is 35.5. The minimum Gasteiger partial charge on any atom is -0.493 e. The van der Waals surface area contributed by atoms with Crippen molar-refractivity contribution in [3.63, 3.8) is 0 Å². The second-order valence-corrected chi connectivity index (χ2v) is 9.53. The first-order valence-corrected chi connectivity index (χ1v) is 12.5. The predicted octanol–water partition coefficient (Wildman–Crippen LogP) is 3.96. The second-order valence-electron chi connectivity index (χ2n) is 9.09. The molecule has 1 saturated heterocycles. The van der Waals surface area contributed by atoms with Crippen molar-refractivity contribution >= 4 is 11.6 Å². The van der Waals surface area contributed by atoms with Crippen molar-refractivity contribution in [2.75, 3.05) is 46.6 Å². The molecule has 4 rings (SSSR count). The Morgan fingerprint density at radius 1 is 1.17 bits per heavy atom. The summed E-state index contributed by atoms with van der Waals surface area (Å²) in [6, 6.07) is 13.1. The van der Waals surface area contributed by atoms with Gasteiger partial charge in [0.05, 0.1) is 26.9 Å². The fraction of sp³-hybridized carbons (Fsp3) is 0.444. The van der Waals surface area contributed by atoms with Crippen molar-refractivity contribution in [1.82, 2.24) is 14.5 Å². The summed E-state index contributed by atoms with van der Waals surface area (Å²) in [6.07, 6.45) is 4.65. The molecule has 1 aliphatic heterocycles. The van der Waals surface area contributed by atoms with Gasteiger partial charge in [0, 0.05) is 43.6 Å². The third-order valence-electron chi connectivity index (χ3n) is 6.10. The van der Waals surface area contributed by atoms with Gasteiger partial charge in [0.25, 0.3) is 0 Å². The molecule has 0 amide bonds. The van der Waals surface area contributed by atoms with Crippen LogP contribution in [0.3, 0.4) is 0 Å². The van der Waals surface area contributed by atoms with Gasteiger partial charge < -0.3 is 28.6 Å². The van der Waals surface area contributed by atoms with E-state index in [9.17, 15) is 5.11 Å². The van der Waals surface area contributed by atoms with Crippen LogP contribution in [0.2, 0.25) is 5.02 Å². The smallest absolute Gasteiger partial charge is 0.161 e. The zero-order valence-corrected chi connectivity index (χ0v) is 21.6. The fourth-order valence-corrected chi connectivity index (χ4v) is 4.42. The molecule has 1 atom stereocenters. The molecule has 8 nitrogen and oxygen atoms in total. The molecule has 36 heavy (non-hydrogen) atoms. The Morgan fingerprint density at radius 3 is 2.83 bits per heavy atom. The van der Waals surface area contributed by atoms with E-state index in [1.165, 1.54) is 0 Å². The lowest BCUT2D eigenvalue weighted by Crippen LogP contribution is -2.48. The summed E-state index contributed by atoms with van der Waals surface area (Å²) >= 11 is 6.04. The number of imidazole rings is 1. The molecule has 2 heterocycles. The number of methoxy groups -OCH3 is 1. The van der Waals surface area contributed by atoms with Gasteiger partial charge in [-0.25, -0.2) is 4.98 Å². The quantitative estimate of drug-likeness (QED) is 0.387. The molecule has 2 aromatic carbocycles. The van der Waals surface area contributed by atoms with Crippen LogP contribution in [0.4, 0.5) is 0 Å². The highest BCUT2D eigenvalue weighted by Gasteiger charge is 2.33. The van der Waals surface area contributed by atoms with E-state index in [4.69, 9.17) is 30.5 Å². The van der Waals surface area contributed by atoms with Gasteiger partial charge in [-0.1, -0.05) is 23.7 Å². The monoisotopic (exact) mass is 515 g/mol. The topological polar surface area (TPSA) is 78.2 Å². The highest BCUT2D eigenvalue weighted by molar-refractivity contribution is 6.30. The van der Waals surface area contributed by atoms with Crippen molar-refractivity contribution < 1.29 is 24.1 Å². The molecular weight excluding hydrogens is 482 g/mol. The molecule has 0 aliphatic carbocycles. The lowest BCUT2D eigenvalue weighted by molar-refractivity contribution is -0.0646. The van der Waals surface area contributed by atoms with Crippen LogP contribution in [0, 0.1) is 6.92 Å². The number of rotatable bonds is 11.